The largest absolute Gasteiger partial charge is 0.387 e. The van der Waals surface area contributed by atoms with Crippen LogP contribution in [0.5, 0.6) is 0 Å². The zero-order valence-electron chi connectivity index (χ0n) is 14.6. The highest BCUT2D eigenvalue weighted by Crippen LogP contribution is 2.17. The van der Waals surface area contributed by atoms with Crippen LogP contribution in [0, 0.1) is 0 Å². The van der Waals surface area contributed by atoms with E-state index < -0.39 is 6.10 Å². The molecule has 7 nitrogen and oxygen atoms in total. The molecule has 1 aromatic rings. The van der Waals surface area contributed by atoms with Crippen LogP contribution in [0.4, 0.5) is 4.79 Å². The first-order chi connectivity index (χ1) is 12.0. The second-order valence-corrected chi connectivity index (χ2v) is 6.78. The van der Waals surface area contributed by atoms with Crippen LogP contribution in [0.3, 0.4) is 0 Å². The van der Waals surface area contributed by atoms with Gasteiger partial charge >= 0.3 is 6.03 Å². The molecule has 2 heterocycles. The normalized spacial score (nSPS) is 23.8. The molecule has 2 N–H and O–H groups in total. The van der Waals surface area contributed by atoms with E-state index in [2.05, 4.69) is 22.0 Å². The monoisotopic (exact) mass is 346 g/mol. The lowest BCUT2D eigenvalue weighted by Gasteiger charge is -2.41. The fraction of sp³-hybridized carbons (Fsp3) is 0.556. The summed E-state index contributed by atoms with van der Waals surface area (Å²) in [5.74, 6) is -0.150. The minimum absolute atomic E-state index is 0.111. The third-order valence-corrected chi connectivity index (χ3v) is 5.02. The van der Waals surface area contributed by atoms with Crippen molar-refractivity contribution in [2.75, 3.05) is 45.8 Å². The molecule has 2 aliphatic rings. The number of amides is 3. The highest BCUT2D eigenvalue weighted by Gasteiger charge is 2.30. The number of nitrogens with one attached hydrogen (secondary N) is 1. The third kappa shape index (κ3) is 4.36. The van der Waals surface area contributed by atoms with E-state index in [9.17, 15) is 14.7 Å². The number of imide groups is 1. The van der Waals surface area contributed by atoms with E-state index >= 15 is 0 Å². The molecule has 1 aromatic carbocycles. The number of urea groups is 1. The number of piperazine rings is 1. The first kappa shape index (κ1) is 17.8. The van der Waals surface area contributed by atoms with E-state index in [4.69, 9.17) is 0 Å². The molecular formula is C18H26N4O3. The number of nitrogens with zero attached hydrogens (tertiary/aromatic N) is 3. The molecule has 0 aromatic heterocycles. The Morgan fingerprint density at radius 1 is 1.20 bits per heavy atom. The Bertz CT molecular complexity index is 594. The van der Waals surface area contributed by atoms with Gasteiger partial charge in [-0.2, -0.15) is 0 Å². The van der Waals surface area contributed by atoms with Crippen molar-refractivity contribution in [1.29, 1.82) is 0 Å². The van der Waals surface area contributed by atoms with Crippen LogP contribution in [0.1, 0.15) is 18.6 Å². The number of aliphatic hydroxyl groups is 1. The molecule has 7 heteroatoms. The molecule has 0 bridgehead atoms. The van der Waals surface area contributed by atoms with Crippen molar-refractivity contribution in [2.24, 2.45) is 0 Å². The van der Waals surface area contributed by atoms with Crippen LogP contribution in [-0.2, 0) is 4.79 Å². The number of hydrogen-bond acceptors (Lipinski definition) is 5. The highest BCUT2D eigenvalue weighted by atomic mass is 16.3. The molecule has 2 saturated heterocycles. The Balaban J connectivity index is 1.46. The summed E-state index contributed by atoms with van der Waals surface area (Å²) in [4.78, 5) is 29.0. The molecule has 0 aliphatic carbocycles. The fourth-order valence-corrected chi connectivity index (χ4v) is 3.47. The number of benzene rings is 1. The predicted octanol–water partition coefficient (Wildman–Crippen LogP) is 0.278. The molecule has 136 valence electrons. The Morgan fingerprint density at radius 2 is 1.96 bits per heavy atom. The number of rotatable bonds is 6. The maximum atomic E-state index is 11.6. The van der Waals surface area contributed by atoms with E-state index in [0.29, 0.717) is 25.7 Å². The van der Waals surface area contributed by atoms with E-state index in [1.165, 1.54) is 4.90 Å². The summed E-state index contributed by atoms with van der Waals surface area (Å²) in [5.41, 5.74) is 0.940. The quantitative estimate of drug-likeness (QED) is 0.724. The number of hydrogen-bond donors (Lipinski definition) is 2. The van der Waals surface area contributed by atoms with Gasteiger partial charge in [-0.1, -0.05) is 30.3 Å². The van der Waals surface area contributed by atoms with E-state index in [-0.39, 0.29) is 18.5 Å². The first-order valence-corrected chi connectivity index (χ1v) is 8.82. The predicted molar refractivity (Wildman–Crippen MR) is 94.0 cm³/mol. The zero-order valence-corrected chi connectivity index (χ0v) is 14.6. The smallest absolute Gasteiger partial charge is 0.324 e. The molecule has 0 saturated carbocycles. The third-order valence-electron chi connectivity index (χ3n) is 5.02. The van der Waals surface area contributed by atoms with Gasteiger partial charge in [0.25, 0.3) is 0 Å². The van der Waals surface area contributed by atoms with Gasteiger partial charge in [-0.15, -0.1) is 0 Å². The fourth-order valence-electron chi connectivity index (χ4n) is 3.47. The minimum atomic E-state index is -0.485. The molecule has 2 unspecified atom stereocenters. The van der Waals surface area contributed by atoms with Gasteiger partial charge in [0.2, 0.25) is 5.91 Å². The molecule has 25 heavy (non-hydrogen) atoms. The van der Waals surface area contributed by atoms with E-state index in [1.807, 2.05) is 30.3 Å². The average molecular weight is 346 g/mol. The maximum absolute atomic E-state index is 11.6. The molecule has 2 fully saturated rings. The van der Waals surface area contributed by atoms with Gasteiger partial charge in [0.1, 0.15) is 0 Å². The maximum Gasteiger partial charge on any atom is 0.324 e. The first-order valence-electron chi connectivity index (χ1n) is 8.82. The number of β-amino-alcohol motifs (C(OH)–C–C–N with tert-alkyl or cyclic N) is 1. The van der Waals surface area contributed by atoms with Crippen molar-refractivity contribution in [3.63, 3.8) is 0 Å². The summed E-state index contributed by atoms with van der Waals surface area (Å²) >= 11 is 0. The summed E-state index contributed by atoms with van der Waals surface area (Å²) in [6.45, 7) is 6.61. The number of carbonyl (C=O) groups is 2. The second kappa shape index (κ2) is 7.95. The van der Waals surface area contributed by atoms with Crippen LogP contribution in [0.2, 0.25) is 0 Å². The van der Waals surface area contributed by atoms with Gasteiger partial charge in [-0.05, 0) is 12.5 Å². The number of carbonyl (C=O) groups excluding carboxylic acids is 2. The molecule has 0 radical (unpaired) electrons. The molecular weight excluding hydrogens is 320 g/mol. The Kier molecular flexibility index (Phi) is 5.67. The van der Waals surface area contributed by atoms with Crippen LogP contribution in [0.15, 0.2) is 30.3 Å². The lowest BCUT2D eigenvalue weighted by Crippen LogP contribution is -2.54. The van der Waals surface area contributed by atoms with Gasteiger partial charge in [0, 0.05) is 45.3 Å². The summed E-state index contributed by atoms with van der Waals surface area (Å²) < 4.78 is 0. The van der Waals surface area contributed by atoms with Gasteiger partial charge in [-0.25, -0.2) is 4.79 Å². The van der Waals surface area contributed by atoms with Gasteiger partial charge in [0.05, 0.1) is 12.6 Å². The highest BCUT2D eigenvalue weighted by molar-refractivity contribution is 6.01. The Labute approximate surface area is 148 Å². The average Bonchev–Trinajstić information content (AvgIpc) is 2.94. The lowest BCUT2D eigenvalue weighted by molar-refractivity contribution is -0.125. The van der Waals surface area contributed by atoms with Crippen LogP contribution in [0.25, 0.3) is 0 Å². The topological polar surface area (TPSA) is 76.1 Å². The molecule has 2 aliphatic heterocycles. The molecule has 3 amide bonds. The number of aliphatic hydroxyl groups excluding tert-OH is 1. The van der Waals surface area contributed by atoms with E-state index in [0.717, 1.165) is 25.2 Å². The van der Waals surface area contributed by atoms with Crippen LogP contribution in [-0.4, -0.2) is 83.6 Å². The van der Waals surface area contributed by atoms with Crippen molar-refractivity contribution in [3.8, 4) is 0 Å². The summed E-state index contributed by atoms with van der Waals surface area (Å²) in [6, 6.07) is 9.75. The Morgan fingerprint density at radius 3 is 2.60 bits per heavy atom. The van der Waals surface area contributed by atoms with Crippen LogP contribution >= 0.6 is 0 Å². The molecule has 2 atom stereocenters. The van der Waals surface area contributed by atoms with Crippen LogP contribution < -0.4 is 5.32 Å². The van der Waals surface area contributed by atoms with Crippen molar-refractivity contribution >= 4 is 11.9 Å². The minimum Gasteiger partial charge on any atom is -0.387 e. The standard InChI is InChI=1S/C18H26N4O3/c1-14-12-20(8-10-22-17(24)11-19-18(22)25)7-9-21(14)13-16(23)15-5-3-2-4-6-15/h2-6,14,16,23H,7-13H2,1H3,(H,19,25). The van der Waals surface area contributed by atoms with Crippen molar-refractivity contribution in [3.05, 3.63) is 35.9 Å². The zero-order chi connectivity index (χ0) is 17.8. The second-order valence-electron chi connectivity index (χ2n) is 6.78. The van der Waals surface area contributed by atoms with Crippen molar-refractivity contribution in [1.82, 2.24) is 20.0 Å². The summed E-state index contributed by atoms with van der Waals surface area (Å²) in [5, 5.41) is 13.0. The van der Waals surface area contributed by atoms with Gasteiger partial charge in [0.15, 0.2) is 0 Å². The Hall–Kier alpha value is -1.96. The summed E-state index contributed by atoms with van der Waals surface area (Å²) in [7, 11) is 0. The molecule has 0 spiro atoms. The molecule has 3 rings (SSSR count). The van der Waals surface area contributed by atoms with Gasteiger partial charge in [-0.3, -0.25) is 19.5 Å². The van der Waals surface area contributed by atoms with Crippen molar-refractivity contribution in [2.45, 2.75) is 19.1 Å². The lowest BCUT2D eigenvalue weighted by atomic mass is 10.1. The SMILES string of the molecule is CC1CN(CCN2C(=O)CNC2=O)CCN1CC(O)c1ccccc1. The van der Waals surface area contributed by atoms with Crippen molar-refractivity contribution < 1.29 is 14.7 Å². The summed E-state index contributed by atoms with van der Waals surface area (Å²) in [6.07, 6.45) is -0.485. The van der Waals surface area contributed by atoms with Gasteiger partial charge < -0.3 is 10.4 Å². The van der Waals surface area contributed by atoms with E-state index in [1.54, 1.807) is 0 Å².